The highest BCUT2D eigenvalue weighted by molar-refractivity contribution is 7.48. The zero-order chi connectivity index (χ0) is 81.8. The van der Waals surface area contributed by atoms with E-state index in [2.05, 4.69) is 19.7 Å². The van der Waals surface area contributed by atoms with Crippen LogP contribution in [0.2, 0.25) is 0 Å². The molecule has 0 aliphatic rings. The third kappa shape index (κ3) is 91.9. The number of hydrogen-bond acceptors (Lipinski definition) is 10. The summed E-state index contributed by atoms with van der Waals surface area (Å²) in [5, 5.41) is 0. The van der Waals surface area contributed by atoms with Crippen molar-refractivity contribution in [2.24, 2.45) is 0 Å². The molecule has 0 N–H and O–H groups in total. The largest absolute Gasteiger partial charge is 0.474 e. The van der Waals surface area contributed by atoms with Gasteiger partial charge in [-0.05, 0) is 59.3 Å². The molecule has 0 aromatic rings. The predicted molar refractivity (Wildman–Crippen MR) is 491 cm³/mol. The molecule has 0 atom stereocenters. The van der Waals surface area contributed by atoms with Gasteiger partial charge < -0.3 is 14.2 Å². The number of ether oxygens (including phenoxy) is 3. The van der Waals surface area contributed by atoms with Crippen LogP contribution in [0.1, 0.15) is 560 Å². The minimum atomic E-state index is -3.56. The molecule has 0 saturated heterocycles. The Morgan fingerprint density at radius 2 is 0.239 bits per heavy atom. The molecule has 0 aromatic carbocycles. The fourth-order valence-electron chi connectivity index (χ4n) is 15.9. The second-order valence-electron chi connectivity index (χ2n) is 35.4. The maximum Gasteiger partial charge on any atom is 0.474 e. The molecule has 113 heavy (non-hydrogen) atoms. The first kappa shape index (κ1) is 111. The van der Waals surface area contributed by atoms with Crippen molar-refractivity contribution in [1.29, 1.82) is 0 Å². The Labute approximate surface area is 704 Å². The van der Waals surface area contributed by atoms with Crippen LogP contribution in [0.4, 0.5) is 0 Å². The summed E-state index contributed by atoms with van der Waals surface area (Å²) in [5.41, 5.74) is 1.47. The van der Waals surface area contributed by atoms with E-state index in [-0.39, 0.29) is 17.9 Å². The Hall–Kier alpha value is -2.26. The lowest BCUT2D eigenvalue weighted by atomic mass is 10.0. The number of phosphoric acid groups is 1. The number of carbonyl (C=O) groups is 3. The zero-order valence-electron chi connectivity index (χ0n) is 76.3. The Bertz CT molecular complexity index is 1830. The molecule has 0 spiro atoms. The average molecular weight is 1610 g/mol. The van der Waals surface area contributed by atoms with E-state index in [0.717, 1.165) is 77.0 Å². The summed E-state index contributed by atoms with van der Waals surface area (Å²) < 4.78 is 47.6. The van der Waals surface area contributed by atoms with Crippen molar-refractivity contribution in [3.63, 3.8) is 0 Å². The van der Waals surface area contributed by atoms with Crippen molar-refractivity contribution in [2.45, 2.75) is 560 Å². The van der Waals surface area contributed by atoms with Crippen LogP contribution in [0.15, 0.2) is 36.5 Å². The van der Waals surface area contributed by atoms with E-state index in [1.54, 1.807) is 20.8 Å². The van der Waals surface area contributed by atoms with Crippen LogP contribution in [0.25, 0.3) is 0 Å². The fraction of sp³-hybridized carbons (Fsp3) is 0.912. The number of unbranched alkanes of at least 4 members (excludes halogenated alkanes) is 81. The molecule has 0 aliphatic carbocycles. The molecule has 11 heteroatoms. The molecular weight excluding hydrogens is 1420 g/mol. The molecule has 668 valence electrons. The van der Waals surface area contributed by atoms with Crippen molar-refractivity contribution in [2.75, 3.05) is 39.6 Å². The third-order valence-corrected chi connectivity index (χ3v) is 25.1. The first-order valence-electron chi connectivity index (χ1n) is 50.5. The van der Waals surface area contributed by atoms with Gasteiger partial charge in [0, 0.05) is 16.7 Å². The van der Waals surface area contributed by atoms with E-state index in [9.17, 15) is 18.9 Å². The highest BCUT2D eigenvalue weighted by atomic mass is 31.2. The normalized spacial score (nSPS) is 11.7. The van der Waals surface area contributed by atoms with Gasteiger partial charge in [-0.25, -0.2) is 18.9 Å². The summed E-state index contributed by atoms with van der Waals surface area (Å²) in [7, 11) is -3.56. The Morgan fingerprint density at radius 3 is 0.327 bits per heavy atom. The van der Waals surface area contributed by atoms with Crippen molar-refractivity contribution in [3.05, 3.63) is 36.5 Å². The zero-order valence-corrected chi connectivity index (χ0v) is 77.2. The van der Waals surface area contributed by atoms with E-state index in [0.29, 0.717) is 56.4 Å². The van der Waals surface area contributed by atoms with E-state index in [1.807, 2.05) is 0 Å². The maximum absolute atomic E-state index is 14.0. The van der Waals surface area contributed by atoms with Crippen LogP contribution in [-0.2, 0) is 46.7 Å². The molecule has 0 radical (unpaired) electrons. The number of phosphoric ester groups is 1. The van der Waals surface area contributed by atoms with Gasteiger partial charge in [0.05, 0.1) is 39.6 Å². The summed E-state index contributed by atoms with van der Waals surface area (Å²) in [4.78, 5) is 34.3. The monoisotopic (exact) mass is 1610 g/mol. The van der Waals surface area contributed by atoms with Gasteiger partial charge in [0.1, 0.15) is 0 Å². The van der Waals surface area contributed by atoms with Crippen molar-refractivity contribution >= 4 is 25.7 Å². The van der Waals surface area contributed by atoms with Crippen LogP contribution >= 0.6 is 7.82 Å². The van der Waals surface area contributed by atoms with Crippen molar-refractivity contribution in [1.82, 2.24) is 0 Å². The van der Waals surface area contributed by atoms with Gasteiger partial charge >= 0.3 is 25.7 Å². The molecule has 10 nitrogen and oxygen atoms in total. The highest BCUT2D eigenvalue weighted by Crippen LogP contribution is 2.50. The average Bonchev–Trinajstić information content (AvgIpc) is 0.900. The number of rotatable bonds is 99. The van der Waals surface area contributed by atoms with Gasteiger partial charge in [0.25, 0.3) is 0 Å². The first-order chi connectivity index (χ1) is 55.5. The van der Waals surface area contributed by atoms with Gasteiger partial charge in [-0.2, -0.15) is 0 Å². The number of hydrogen-bond donors (Lipinski definition) is 0. The lowest BCUT2D eigenvalue weighted by molar-refractivity contribution is -0.139. The van der Waals surface area contributed by atoms with Crippen molar-refractivity contribution in [3.8, 4) is 0 Å². The lowest BCUT2D eigenvalue weighted by Crippen LogP contribution is -2.05. The second-order valence-corrected chi connectivity index (χ2v) is 37.1. The number of esters is 3. The smallest absolute Gasteiger partial charge is 0.462 e. The van der Waals surface area contributed by atoms with E-state index in [1.165, 1.54) is 462 Å². The van der Waals surface area contributed by atoms with Gasteiger partial charge in [-0.1, -0.05) is 521 Å². The minimum absolute atomic E-state index is 0.257. The maximum atomic E-state index is 14.0. The lowest BCUT2D eigenvalue weighted by Gasteiger charge is -2.18. The second kappa shape index (κ2) is 93.6. The summed E-state index contributed by atoms with van der Waals surface area (Å²) in [6.45, 7) is 19.0. The van der Waals surface area contributed by atoms with E-state index >= 15 is 0 Å². The molecule has 0 heterocycles. The van der Waals surface area contributed by atoms with Crippen LogP contribution in [0.3, 0.4) is 0 Å². The van der Waals surface area contributed by atoms with Gasteiger partial charge in [-0.3, -0.25) is 13.6 Å². The molecule has 0 amide bonds. The predicted octanol–water partition coefficient (Wildman–Crippen LogP) is 35.3. The quantitative estimate of drug-likeness (QED) is 0.0191. The Kier molecular flexibility index (Phi) is 91.7. The summed E-state index contributed by atoms with van der Waals surface area (Å²) in [6.07, 6.45) is 112. The molecule has 0 fully saturated rings. The molecule has 0 unspecified atom stereocenters. The fourth-order valence-corrected chi connectivity index (χ4v) is 17.2. The Balaban J connectivity index is 4.12. The molecular formula is C102H195O10P. The van der Waals surface area contributed by atoms with Crippen molar-refractivity contribution < 1.29 is 46.7 Å². The molecule has 0 bridgehead atoms. The summed E-state index contributed by atoms with van der Waals surface area (Å²) >= 11 is 0. The summed E-state index contributed by atoms with van der Waals surface area (Å²) in [6, 6.07) is 0. The third-order valence-electron chi connectivity index (χ3n) is 23.6. The van der Waals surface area contributed by atoms with Gasteiger partial charge in [0.15, 0.2) is 0 Å². The van der Waals surface area contributed by atoms with Crippen LogP contribution in [-0.4, -0.2) is 57.5 Å². The standard InChI is InChI=1S/C102H195O10P/c1-97(2)100(103)107-91-85-79-73-67-61-55-49-43-37-31-25-19-13-7-10-16-22-28-34-40-46-52-58-64-70-76-82-88-94-110-113(106,111-95-89-83-77-71-65-59-53-47-41-35-29-23-17-11-8-14-20-26-32-38-44-50-56-62-68-74-80-86-92-108-101(104)98(3)4)112-96-90-84-78-72-66-60-54-48-42-36-30-24-18-12-9-15-21-27-33-39-45-51-57-63-69-75-81-87-93-109-102(105)99(5)6/h1,3,5,7-96H2,2,4,6H3. The van der Waals surface area contributed by atoms with E-state index < -0.39 is 7.82 Å². The first-order valence-corrected chi connectivity index (χ1v) is 52.0. The minimum Gasteiger partial charge on any atom is -0.462 e. The van der Waals surface area contributed by atoms with Crippen LogP contribution < -0.4 is 0 Å². The molecule has 0 aliphatic heterocycles. The van der Waals surface area contributed by atoms with Crippen LogP contribution in [0, 0.1) is 0 Å². The highest BCUT2D eigenvalue weighted by Gasteiger charge is 2.26. The molecule has 0 aromatic heterocycles. The topological polar surface area (TPSA) is 124 Å². The van der Waals surface area contributed by atoms with Crippen LogP contribution in [0.5, 0.6) is 0 Å². The SMILES string of the molecule is C=C(C)C(=O)OCCCCCCCCCCCCCCCCCCCCCCCCCCCCCCOP(=O)(OCCCCCCCCCCCCCCCCCCCCCCCCCCCCCCOC(=O)C(=C)C)OCCCCCCCCCCCCCCCCCCCCCCCCCCCCCCOC(=O)C(=C)C. The van der Waals surface area contributed by atoms with Gasteiger partial charge in [-0.15, -0.1) is 0 Å². The summed E-state index contributed by atoms with van der Waals surface area (Å²) in [5.74, 6) is -0.772. The Morgan fingerprint density at radius 1 is 0.159 bits per heavy atom. The molecule has 0 saturated carbocycles. The van der Waals surface area contributed by atoms with E-state index in [4.69, 9.17) is 27.8 Å². The van der Waals surface area contributed by atoms with Gasteiger partial charge in [0.2, 0.25) is 0 Å². The number of carbonyl (C=O) groups excluding carboxylic acids is 3. The molecule has 0 rings (SSSR count).